The molecular formula is C18H18N4OS. The zero-order valence-corrected chi connectivity index (χ0v) is 14.1. The highest BCUT2D eigenvalue weighted by Crippen LogP contribution is 2.24. The number of benzene rings is 1. The number of rotatable bonds is 4. The van der Waals surface area contributed by atoms with E-state index >= 15 is 0 Å². The Kier molecular flexibility index (Phi) is 4.13. The maximum atomic E-state index is 12.1. The lowest BCUT2D eigenvalue weighted by molar-refractivity contribution is -0.115. The van der Waals surface area contributed by atoms with Crippen LogP contribution in [0.4, 0.5) is 5.69 Å². The Hall–Kier alpha value is -2.47. The van der Waals surface area contributed by atoms with Crippen LogP contribution in [0.5, 0.6) is 0 Å². The van der Waals surface area contributed by atoms with Crippen LogP contribution in [0.25, 0.3) is 11.4 Å². The quantitative estimate of drug-likeness (QED) is 0.792. The Balaban J connectivity index is 1.47. The van der Waals surface area contributed by atoms with Crippen LogP contribution >= 0.6 is 11.3 Å². The second-order valence-corrected chi connectivity index (χ2v) is 6.76. The molecule has 0 fully saturated rings. The summed E-state index contributed by atoms with van der Waals surface area (Å²) in [6, 6.07) is 9.80. The van der Waals surface area contributed by atoms with E-state index in [9.17, 15) is 4.79 Å². The maximum absolute atomic E-state index is 12.1. The van der Waals surface area contributed by atoms with Gasteiger partial charge in [-0.1, -0.05) is 0 Å². The molecule has 0 bridgehead atoms. The van der Waals surface area contributed by atoms with Gasteiger partial charge in [0, 0.05) is 24.2 Å². The van der Waals surface area contributed by atoms with Crippen molar-refractivity contribution < 1.29 is 4.79 Å². The van der Waals surface area contributed by atoms with Gasteiger partial charge in [0.2, 0.25) is 5.91 Å². The maximum Gasteiger partial charge on any atom is 0.228 e. The Morgan fingerprint density at radius 3 is 2.83 bits per heavy atom. The van der Waals surface area contributed by atoms with Gasteiger partial charge in [-0.15, -0.1) is 10.2 Å². The second kappa shape index (κ2) is 6.57. The first kappa shape index (κ1) is 15.1. The molecule has 1 aliphatic rings. The van der Waals surface area contributed by atoms with Crippen LogP contribution in [-0.4, -0.2) is 20.7 Å². The predicted octanol–water partition coefficient (Wildman–Crippen LogP) is 3.52. The Morgan fingerprint density at radius 1 is 1.17 bits per heavy atom. The fraction of sp³-hybridized carbons (Fsp3) is 0.278. The topological polar surface area (TPSA) is 59.8 Å². The predicted molar refractivity (Wildman–Crippen MR) is 95.0 cm³/mol. The van der Waals surface area contributed by atoms with Crippen molar-refractivity contribution in [1.29, 1.82) is 0 Å². The molecule has 3 heterocycles. The number of anilines is 1. The smallest absolute Gasteiger partial charge is 0.228 e. The molecule has 1 amide bonds. The van der Waals surface area contributed by atoms with Crippen LogP contribution < -0.4 is 5.32 Å². The number of thiophene rings is 1. The highest BCUT2D eigenvalue weighted by Gasteiger charge is 2.16. The van der Waals surface area contributed by atoms with Crippen molar-refractivity contribution in [3.8, 4) is 11.4 Å². The molecule has 0 atom stereocenters. The summed E-state index contributed by atoms with van der Waals surface area (Å²) >= 11 is 1.60. The third kappa shape index (κ3) is 3.10. The van der Waals surface area contributed by atoms with Crippen LogP contribution in [-0.2, 0) is 24.2 Å². The highest BCUT2D eigenvalue weighted by molar-refractivity contribution is 7.08. The molecule has 4 rings (SSSR count). The monoisotopic (exact) mass is 338 g/mol. The van der Waals surface area contributed by atoms with E-state index in [2.05, 4.69) is 20.1 Å². The summed E-state index contributed by atoms with van der Waals surface area (Å²) in [5.41, 5.74) is 2.88. The number of aromatic nitrogens is 3. The third-order valence-electron chi connectivity index (χ3n) is 4.23. The Bertz CT molecular complexity index is 837. The van der Waals surface area contributed by atoms with Crippen molar-refractivity contribution in [2.24, 2.45) is 0 Å². The molecule has 0 unspecified atom stereocenters. The molecule has 6 heteroatoms. The van der Waals surface area contributed by atoms with Gasteiger partial charge in [-0.2, -0.15) is 11.3 Å². The van der Waals surface area contributed by atoms with Gasteiger partial charge in [-0.25, -0.2) is 0 Å². The summed E-state index contributed by atoms with van der Waals surface area (Å²) < 4.78 is 2.20. The zero-order chi connectivity index (χ0) is 16.4. The molecule has 0 saturated heterocycles. The first-order chi connectivity index (χ1) is 11.8. The van der Waals surface area contributed by atoms with Crippen molar-refractivity contribution in [3.63, 3.8) is 0 Å². The van der Waals surface area contributed by atoms with Crippen LogP contribution in [0.15, 0.2) is 41.1 Å². The van der Waals surface area contributed by atoms with Gasteiger partial charge in [-0.05, 0) is 59.5 Å². The summed E-state index contributed by atoms with van der Waals surface area (Å²) in [7, 11) is 0. The van der Waals surface area contributed by atoms with E-state index in [0.717, 1.165) is 41.4 Å². The molecule has 2 aromatic heterocycles. The van der Waals surface area contributed by atoms with Gasteiger partial charge >= 0.3 is 0 Å². The first-order valence-corrected chi connectivity index (χ1v) is 9.07. The third-order valence-corrected chi connectivity index (χ3v) is 4.96. The molecule has 0 radical (unpaired) electrons. The average Bonchev–Trinajstić information content (AvgIpc) is 3.25. The molecule has 1 aromatic carbocycles. The molecule has 3 aromatic rings. The van der Waals surface area contributed by atoms with Crippen molar-refractivity contribution in [3.05, 3.63) is 52.5 Å². The number of nitrogens with zero attached hydrogens (tertiary/aromatic N) is 3. The van der Waals surface area contributed by atoms with E-state index in [0.29, 0.717) is 6.42 Å². The summed E-state index contributed by atoms with van der Waals surface area (Å²) in [4.78, 5) is 12.1. The number of nitrogens with one attached hydrogen (secondary N) is 1. The number of carbonyl (C=O) groups is 1. The number of amides is 1. The number of hydrogen-bond donors (Lipinski definition) is 1. The van der Waals surface area contributed by atoms with Gasteiger partial charge in [0.15, 0.2) is 5.82 Å². The van der Waals surface area contributed by atoms with Crippen LogP contribution in [0.3, 0.4) is 0 Å². The SMILES string of the molecule is O=C(Cc1ccsc1)Nc1ccc(-c2nnc3n2CCCC3)cc1. The van der Waals surface area contributed by atoms with Crippen LogP contribution in [0.2, 0.25) is 0 Å². The molecule has 1 N–H and O–H groups in total. The summed E-state index contributed by atoms with van der Waals surface area (Å²) in [5, 5.41) is 15.5. The normalized spacial score (nSPS) is 13.5. The molecule has 24 heavy (non-hydrogen) atoms. The highest BCUT2D eigenvalue weighted by atomic mass is 32.1. The number of aryl methyl sites for hydroxylation is 1. The molecule has 1 aliphatic heterocycles. The Morgan fingerprint density at radius 2 is 2.04 bits per heavy atom. The lowest BCUT2D eigenvalue weighted by atomic mass is 10.1. The van der Waals surface area contributed by atoms with Crippen LogP contribution in [0, 0.1) is 0 Å². The summed E-state index contributed by atoms with van der Waals surface area (Å²) in [6.07, 6.45) is 3.77. The molecule has 0 aliphatic carbocycles. The second-order valence-electron chi connectivity index (χ2n) is 5.98. The van der Waals surface area contributed by atoms with Gasteiger partial charge in [0.05, 0.1) is 6.42 Å². The molecular weight excluding hydrogens is 320 g/mol. The zero-order valence-electron chi connectivity index (χ0n) is 13.2. The van der Waals surface area contributed by atoms with Gasteiger partial charge in [0.1, 0.15) is 5.82 Å². The number of hydrogen-bond acceptors (Lipinski definition) is 4. The van der Waals surface area contributed by atoms with E-state index in [4.69, 9.17) is 0 Å². The van der Waals surface area contributed by atoms with Crippen molar-refractivity contribution in [1.82, 2.24) is 14.8 Å². The fourth-order valence-corrected chi connectivity index (χ4v) is 3.68. The average molecular weight is 338 g/mol. The molecule has 0 spiro atoms. The minimum atomic E-state index is 0.000932. The summed E-state index contributed by atoms with van der Waals surface area (Å²) in [5.74, 6) is 1.99. The summed E-state index contributed by atoms with van der Waals surface area (Å²) in [6.45, 7) is 0.983. The standard InChI is InChI=1S/C18H18N4OS/c23-17(11-13-8-10-24-12-13)19-15-6-4-14(5-7-15)18-21-20-16-3-1-2-9-22(16)18/h4-8,10,12H,1-3,9,11H2,(H,19,23). The number of carbonyl (C=O) groups excluding carboxylic acids is 1. The minimum absolute atomic E-state index is 0.000932. The van der Waals surface area contributed by atoms with Crippen molar-refractivity contribution in [2.75, 3.05) is 5.32 Å². The molecule has 0 saturated carbocycles. The van der Waals surface area contributed by atoms with E-state index in [-0.39, 0.29) is 5.91 Å². The van der Waals surface area contributed by atoms with E-state index in [1.54, 1.807) is 11.3 Å². The van der Waals surface area contributed by atoms with E-state index < -0.39 is 0 Å². The van der Waals surface area contributed by atoms with Crippen molar-refractivity contribution in [2.45, 2.75) is 32.2 Å². The Labute approximate surface area is 144 Å². The van der Waals surface area contributed by atoms with E-state index in [1.807, 2.05) is 41.1 Å². The minimum Gasteiger partial charge on any atom is -0.326 e. The van der Waals surface area contributed by atoms with Gasteiger partial charge in [-0.3, -0.25) is 4.79 Å². The lowest BCUT2D eigenvalue weighted by Crippen LogP contribution is -2.14. The van der Waals surface area contributed by atoms with Crippen molar-refractivity contribution >= 4 is 22.9 Å². The van der Waals surface area contributed by atoms with Gasteiger partial charge in [0.25, 0.3) is 0 Å². The first-order valence-electron chi connectivity index (χ1n) is 8.13. The number of fused-ring (bicyclic) bond motifs is 1. The lowest BCUT2D eigenvalue weighted by Gasteiger charge is -2.14. The fourth-order valence-electron chi connectivity index (χ4n) is 3.01. The van der Waals surface area contributed by atoms with Crippen LogP contribution in [0.1, 0.15) is 24.2 Å². The molecule has 122 valence electrons. The molecule has 5 nitrogen and oxygen atoms in total. The largest absolute Gasteiger partial charge is 0.326 e. The van der Waals surface area contributed by atoms with E-state index in [1.165, 1.54) is 12.8 Å². The van der Waals surface area contributed by atoms with Gasteiger partial charge < -0.3 is 9.88 Å².